The van der Waals surface area contributed by atoms with E-state index in [4.69, 9.17) is 57.4 Å². The summed E-state index contributed by atoms with van der Waals surface area (Å²) in [7, 11) is 0. The van der Waals surface area contributed by atoms with Gasteiger partial charge in [-0.15, -0.1) is 10.2 Å². The standard InChI is InChI=1S/C46H65N7O12/c1-31(7-13-41-45(3,4)64-62-43(60-41)33-9-11-37-39(23-33)58-29-56-37)15-19-52-25-35(48-50-52)27-54-21-17-47-18-22-55-28-36-26-53(51-49-36)20-16-32(2)8-14-42-46(5,6)65-63-44(61-42)34-10-12-38-40(24-34)59-30-57-38/h9-12,23-26,31-32,41-44,47H,7-8,13-22,27-30H2,1-6H3. The molecule has 2 aromatic carbocycles. The quantitative estimate of drug-likeness (QED) is 0.0564. The molecule has 0 bridgehead atoms. The van der Waals surface area contributed by atoms with E-state index in [2.05, 4.69) is 39.8 Å². The van der Waals surface area contributed by atoms with Gasteiger partial charge in [0.15, 0.2) is 23.0 Å². The minimum atomic E-state index is -0.636. The molecule has 2 fully saturated rings. The van der Waals surface area contributed by atoms with Gasteiger partial charge in [0.25, 0.3) is 0 Å². The number of aryl methyl sites for hydroxylation is 2. The fraction of sp³-hybridized carbons (Fsp3) is 0.652. The van der Waals surface area contributed by atoms with Crippen LogP contribution in [0, 0.1) is 11.8 Å². The summed E-state index contributed by atoms with van der Waals surface area (Å²) in [4.78, 5) is 22.9. The Balaban J connectivity index is 0.636. The second-order valence-corrected chi connectivity index (χ2v) is 18.4. The molecule has 6 atom stereocenters. The van der Waals surface area contributed by atoms with Crippen LogP contribution in [-0.4, -0.2) is 93.3 Å². The molecular weight excluding hydrogens is 843 g/mol. The Bertz CT molecular complexity index is 1970. The normalized spacial score (nSPS) is 22.9. The van der Waals surface area contributed by atoms with Crippen LogP contribution >= 0.6 is 0 Å². The molecule has 6 heterocycles. The Morgan fingerprint density at radius 3 is 1.54 bits per heavy atom. The zero-order chi connectivity index (χ0) is 45.2. The van der Waals surface area contributed by atoms with E-state index in [9.17, 15) is 0 Å². The average Bonchev–Trinajstić information content (AvgIpc) is 4.14. The zero-order valence-electron chi connectivity index (χ0n) is 38.5. The first kappa shape index (κ1) is 47.1. The Morgan fingerprint density at radius 2 is 1.08 bits per heavy atom. The van der Waals surface area contributed by atoms with Gasteiger partial charge in [-0.3, -0.25) is 9.36 Å². The summed E-state index contributed by atoms with van der Waals surface area (Å²) in [5, 5.41) is 20.6. The van der Waals surface area contributed by atoms with Gasteiger partial charge >= 0.3 is 0 Å². The van der Waals surface area contributed by atoms with Crippen LogP contribution in [0.25, 0.3) is 0 Å². The maximum atomic E-state index is 6.40. The molecule has 0 aliphatic carbocycles. The van der Waals surface area contributed by atoms with Crippen molar-refractivity contribution in [2.45, 2.75) is 142 Å². The van der Waals surface area contributed by atoms with E-state index in [-0.39, 0.29) is 25.8 Å². The summed E-state index contributed by atoms with van der Waals surface area (Å²) >= 11 is 0. The maximum Gasteiger partial charge on any atom is 0.231 e. The predicted molar refractivity (Wildman–Crippen MR) is 231 cm³/mol. The van der Waals surface area contributed by atoms with Gasteiger partial charge in [-0.25, -0.2) is 9.78 Å². The number of rotatable bonds is 24. The first-order chi connectivity index (χ1) is 31.5. The highest BCUT2D eigenvalue weighted by molar-refractivity contribution is 5.45. The zero-order valence-corrected chi connectivity index (χ0v) is 38.5. The van der Waals surface area contributed by atoms with Crippen LogP contribution in [0.1, 0.15) is 115 Å². The molecule has 4 aliphatic heterocycles. The molecule has 2 aromatic heterocycles. The molecule has 1 N–H and O–H groups in total. The lowest BCUT2D eigenvalue weighted by Gasteiger charge is -2.41. The second kappa shape index (κ2) is 21.9. The van der Waals surface area contributed by atoms with E-state index in [0.717, 1.165) is 74.1 Å². The first-order valence-corrected chi connectivity index (χ1v) is 22.9. The van der Waals surface area contributed by atoms with Crippen LogP contribution in [0.15, 0.2) is 48.8 Å². The fourth-order valence-electron chi connectivity index (χ4n) is 7.99. The SMILES string of the molecule is CC(CCC1OC(c2ccc3c(c2)OCO3)OOC1(C)C)CCn1cc(COCCNCCOCc2cn(CCC(C)CCC3OC(c4ccc5c(c4)OCO5)OOC3(C)C)nn2)nn1. The topological polar surface area (TPSA) is 184 Å². The average molecular weight is 908 g/mol. The minimum Gasteiger partial charge on any atom is -0.454 e. The van der Waals surface area contributed by atoms with Gasteiger partial charge in [0.2, 0.25) is 26.2 Å². The number of benzene rings is 2. The first-order valence-electron chi connectivity index (χ1n) is 22.9. The van der Waals surface area contributed by atoms with Crippen molar-refractivity contribution >= 4 is 0 Å². The summed E-state index contributed by atoms with van der Waals surface area (Å²) in [6.07, 6.45) is 7.87. The largest absolute Gasteiger partial charge is 0.454 e. The Hall–Kier alpha value is -4.44. The molecule has 2 saturated heterocycles. The number of ether oxygens (including phenoxy) is 8. The minimum absolute atomic E-state index is 0.142. The molecule has 0 saturated carbocycles. The van der Waals surface area contributed by atoms with E-state index < -0.39 is 23.8 Å². The molecule has 19 nitrogen and oxygen atoms in total. The summed E-state index contributed by atoms with van der Waals surface area (Å²) in [5.41, 5.74) is 2.11. The van der Waals surface area contributed by atoms with Crippen molar-refractivity contribution in [1.29, 1.82) is 0 Å². The summed E-state index contributed by atoms with van der Waals surface area (Å²) in [6, 6.07) is 11.3. The third kappa shape index (κ3) is 12.9. The lowest BCUT2D eigenvalue weighted by Crippen LogP contribution is -2.46. The van der Waals surface area contributed by atoms with Gasteiger partial charge in [-0.1, -0.05) is 24.3 Å². The van der Waals surface area contributed by atoms with E-state index in [1.807, 2.05) is 85.9 Å². The van der Waals surface area contributed by atoms with Crippen molar-refractivity contribution in [2.75, 3.05) is 39.9 Å². The monoisotopic (exact) mass is 907 g/mol. The highest BCUT2D eigenvalue weighted by Gasteiger charge is 2.42. The number of nitrogens with zero attached hydrogens (tertiary/aromatic N) is 6. The number of hydrogen-bond donors (Lipinski definition) is 1. The van der Waals surface area contributed by atoms with Gasteiger partial charge in [-0.05, 0) is 114 Å². The third-order valence-electron chi connectivity index (χ3n) is 12.2. The maximum absolute atomic E-state index is 6.40. The Labute approximate surface area is 380 Å². The number of aromatic nitrogens is 6. The summed E-state index contributed by atoms with van der Waals surface area (Å²) < 4.78 is 50.2. The van der Waals surface area contributed by atoms with Crippen molar-refractivity contribution in [1.82, 2.24) is 35.3 Å². The predicted octanol–water partition coefficient (Wildman–Crippen LogP) is 6.91. The second-order valence-electron chi connectivity index (χ2n) is 18.4. The molecule has 356 valence electrons. The number of nitrogens with one attached hydrogen (secondary N) is 1. The molecule has 4 aliphatic rings. The molecule has 6 unspecified atom stereocenters. The van der Waals surface area contributed by atoms with Crippen LogP contribution in [0.4, 0.5) is 0 Å². The van der Waals surface area contributed by atoms with Crippen LogP contribution in [0.3, 0.4) is 0 Å². The van der Waals surface area contributed by atoms with Crippen molar-refractivity contribution < 1.29 is 57.4 Å². The van der Waals surface area contributed by atoms with E-state index in [1.54, 1.807) is 0 Å². The summed E-state index contributed by atoms with van der Waals surface area (Å²) in [5.74, 6) is 3.68. The van der Waals surface area contributed by atoms with Crippen LogP contribution < -0.4 is 24.3 Å². The molecule has 0 amide bonds. The van der Waals surface area contributed by atoms with Crippen LogP contribution in [0.5, 0.6) is 23.0 Å². The Morgan fingerprint density at radius 1 is 0.631 bits per heavy atom. The molecule has 0 spiro atoms. The highest BCUT2D eigenvalue weighted by atomic mass is 17.2. The third-order valence-corrected chi connectivity index (χ3v) is 12.2. The number of fused-ring (bicyclic) bond motifs is 2. The lowest BCUT2D eigenvalue weighted by atomic mass is 9.92. The van der Waals surface area contributed by atoms with E-state index >= 15 is 0 Å². The highest BCUT2D eigenvalue weighted by Crippen LogP contribution is 2.42. The van der Waals surface area contributed by atoms with Crippen molar-refractivity contribution in [3.05, 3.63) is 71.3 Å². The lowest BCUT2D eigenvalue weighted by molar-refractivity contribution is -0.487. The van der Waals surface area contributed by atoms with E-state index in [0.29, 0.717) is 74.4 Å². The van der Waals surface area contributed by atoms with Crippen LogP contribution in [-0.2, 0) is 64.8 Å². The number of hydrogen-bond acceptors (Lipinski definition) is 17. The van der Waals surface area contributed by atoms with Gasteiger partial charge < -0.3 is 43.2 Å². The fourth-order valence-corrected chi connectivity index (χ4v) is 7.99. The summed E-state index contributed by atoms with van der Waals surface area (Å²) in [6.45, 7) is 17.8. The smallest absolute Gasteiger partial charge is 0.231 e. The van der Waals surface area contributed by atoms with Gasteiger partial charge in [0.1, 0.15) is 22.6 Å². The molecule has 19 heteroatoms. The van der Waals surface area contributed by atoms with Gasteiger partial charge in [-0.2, -0.15) is 9.78 Å². The molecule has 65 heavy (non-hydrogen) atoms. The Kier molecular flexibility index (Phi) is 15.9. The van der Waals surface area contributed by atoms with Gasteiger partial charge in [0.05, 0.1) is 51.0 Å². The van der Waals surface area contributed by atoms with Crippen molar-refractivity contribution in [3.63, 3.8) is 0 Å². The molecule has 8 rings (SSSR count). The van der Waals surface area contributed by atoms with Crippen molar-refractivity contribution in [3.8, 4) is 23.0 Å². The van der Waals surface area contributed by atoms with Gasteiger partial charge in [0, 0.05) is 37.3 Å². The van der Waals surface area contributed by atoms with E-state index in [1.165, 1.54) is 0 Å². The van der Waals surface area contributed by atoms with Crippen LogP contribution in [0.2, 0.25) is 0 Å². The van der Waals surface area contributed by atoms with Crippen molar-refractivity contribution in [2.24, 2.45) is 11.8 Å². The molecule has 4 aromatic rings. The molecular formula is C46H65N7O12. The molecule has 0 radical (unpaired) electrons.